The molecule has 0 unspecified atom stereocenters. The van der Waals surface area contributed by atoms with Crippen molar-refractivity contribution in [2.75, 3.05) is 5.33 Å². The van der Waals surface area contributed by atoms with Crippen molar-refractivity contribution in [3.8, 4) is 0 Å². The fourth-order valence-electron chi connectivity index (χ4n) is 2.10. The molecule has 0 atom stereocenters. The van der Waals surface area contributed by atoms with Gasteiger partial charge in [-0.3, -0.25) is 0 Å². The van der Waals surface area contributed by atoms with E-state index in [1.54, 1.807) is 0 Å². The van der Waals surface area contributed by atoms with E-state index in [9.17, 15) is 0 Å². The lowest BCUT2D eigenvalue weighted by atomic mass is 10.1. The third kappa shape index (κ3) is 8.84. The van der Waals surface area contributed by atoms with Crippen molar-refractivity contribution in [2.45, 2.75) is 64.2 Å². The monoisotopic (exact) mass is 316 g/mol. The van der Waals surface area contributed by atoms with Gasteiger partial charge in [-0.05, 0) is 41.7 Å². The van der Waals surface area contributed by atoms with Crippen LogP contribution in [0.1, 0.15) is 63.4 Å². The minimum Gasteiger partial charge on any atom is -0.152 e. The zero-order valence-corrected chi connectivity index (χ0v) is 13.2. The van der Waals surface area contributed by atoms with E-state index < -0.39 is 0 Å². The van der Waals surface area contributed by atoms with Gasteiger partial charge in [0.05, 0.1) is 0 Å². The van der Waals surface area contributed by atoms with E-state index in [1.807, 2.05) is 11.3 Å². The van der Waals surface area contributed by atoms with Gasteiger partial charge in [0.2, 0.25) is 0 Å². The van der Waals surface area contributed by atoms with E-state index in [1.165, 1.54) is 75.1 Å². The van der Waals surface area contributed by atoms with Gasteiger partial charge in [0.15, 0.2) is 0 Å². The molecule has 2 heteroatoms. The summed E-state index contributed by atoms with van der Waals surface area (Å²) in [5.41, 5.74) is 1.53. The van der Waals surface area contributed by atoms with Gasteiger partial charge in [-0.2, -0.15) is 11.3 Å². The number of halogens is 1. The van der Waals surface area contributed by atoms with Crippen molar-refractivity contribution in [1.29, 1.82) is 0 Å². The van der Waals surface area contributed by atoms with Crippen LogP contribution in [-0.4, -0.2) is 5.33 Å². The highest BCUT2D eigenvalue weighted by Crippen LogP contribution is 2.13. The van der Waals surface area contributed by atoms with Gasteiger partial charge in [-0.1, -0.05) is 60.9 Å². The molecule has 0 aliphatic rings. The van der Waals surface area contributed by atoms with Gasteiger partial charge in [0.1, 0.15) is 0 Å². The van der Waals surface area contributed by atoms with E-state index in [-0.39, 0.29) is 0 Å². The SMILES string of the molecule is BrCCCCCCCCCCCc1ccsc1. The largest absolute Gasteiger partial charge is 0.152 e. The minimum atomic E-state index is 1.18. The summed E-state index contributed by atoms with van der Waals surface area (Å²) >= 11 is 5.30. The van der Waals surface area contributed by atoms with Crippen molar-refractivity contribution >= 4 is 27.3 Å². The van der Waals surface area contributed by atoms with Crippen LogP contribution in [0.5, 0.6) is 0 Å². The molecule has 1 aromatic rings. The van der Waals surface area contributed by atoms with Crippen LogP contribution < -0.4 is 0 Å². The molecule has 0 saturated carbocycles. The molecule has 0 aromatic carbocycles. The predicted molar refractivity (Wildman–Crippen MR) is 83.4 cm³/mol. The van der Waals surface area contributed by atoms with Crippen LogP contribution in [0, 0.1) is 0 Å². The molecule has 0 aliphatic heterocycles. The second-order valence-corrected chi connectivity index (χ2v) is 6.33. The molecule has 0 aliphatic carbocycles. The number of unbranched alkanes of at least 4 members (excludes halogenated alkanes) is 8. The van der Waals surface area contributed by atoms with Crippen molar-refractivity contribution in [3.05, 3.63) is 22.4 Å². The Kier molecular flexibility index (Phi) is 10.1. The molecule has 1 heterocycles. The first kappa shape index (κ1) is 15.2. The summed E-state index contributed by atoms with van der Waals surface area (Å²) < 4.78 is 0. The molecule has 17 heavy (non-hydrogen) atoms. The molecule has 0 radical (unpaired) electrons. The Bertz CT molecular complexity index is 243. The Hall–Kier alpha value is 0.180. The second-order valence-electron chi connectivity index (χ2n) is 4.75. The standard InChI is InChI=1S/C15H25BrS/c16-12-9-7-5-3-1-2-4-6-8-10-15-11-13-17-14-15/h11,13-14H,1-10,12H2. The maximum atomic E-state index is 3.48. The minimum absolute atomic E-state index is 1.18. The Morgan fingerprint density at radius 2 is 1.41 bits per heavy atom. The summed E-state index contributed by atoms with van der Waals surface area (Å²) in [5.74, 6) is 0. The number of thiophene rings is 1. The quantitative estimate of drug-likeness (QED) is 0.337. The van der Waals surface area contributed by atoms with Crippen LogP contribution >= 0.6 is 27.3 Å². The molecule has 0 fully saturated rings. The highest BCUT2D eigenvalue weighted by atomic mass is 79.9. The summed E-state index contributed by atoms with van der Waals surface area (Å²) in [6, 6.07) is 2.26. The van der Waals surface area contributed by atoms with Crippen molar-refractivity contribution < 1.29 is 0 Å². The number of rotatable bonds is 11. The molecular weight excluding hydrogens is 292 g/mol. The molecular formula is C15H25BrS. The van der Waals surface area contributed by atoms with Crippen LogP contribution in [0.15, 0.2) is 16.8 Å². The van der Waals surface area contributed by atoms with Gasteiger partial charge >= 0.3 is 0 Å². The maximum Gasteiger partial charge on any atom is 0.00313 e. The van der Waals surface area contributed by atoms with Crippen LogP contribution in [0.25, 0.3) is 0 Å². The van der Waals surface area contributed by atoms with Crippen LogP contribution in [-0.2, 0) is 6.42 Å². The smallest absolute Gasteiger partial charge is 0.00313 e. The van der Waals surface area contributed by atoms with Crippen molar-refractivity contribution in [2.24, 2.45) is 0 Å². The molecule has 1 rings (SSSR count). The summed E-state index contributed by atoms with van der Waals surface area (Å²) in [6.45, 7) is 0. The maximum absolute atomic E-state index is 3.48. The lowest BCUT2D eigenvalue weighted by Gasteiger charge is -2.01. The number of hydrogen-bond acceptors (Lipinski definition) is 1. The molecule has 0 bridgehead atoms. The average Bonchev–Trinajstić information content (AvgIpc) is 2.85. The van der Waals surface area contributed by atoms with Crippen LogP contribution in [0.2, 0.25) is 0 Å². The Morgan fingerprint density at radius 3 is 1.94 bits per heavy atom. The third-order valence-corrected chi connectivity index (χ3v) is 4.47. The van der Waals surface area contributed by atoms with Gasteiger partial charge in [-0.25, -0.2) is 0 Å². The lowest BCUT2D eigenvalue weighted by Crippen LogP contribution is -1.84. The highest BCUT2D eigenvalue weighted by Gasteiger charge is 1.94. The van der Waals surface area contributed by atoms with Crippen molar-refractivity contribution in [3.63, 3.8) is 0 Å². The first-order valence-corrected chi connectivity index (χ1v) is 9.07. The second kappa shape index (κ2) is 11.3. The van der Waals surface area contributed by atoms with Crippen LogP contribution in [0.4, 0.5) is 0 Å². The lowest BCUT2D eigenvalue weighted by molar-refractivity contribution is 0.566. The Morgan fingerprint density at radius 1 is 0.824 bits per heavy atom. The molecule has 1 aromatic heterocycles. The van der Waals surface area contributed by atoms with Crippen LogP contribution in [0.3, 0.4) is 0 Å². The van der Waals surface area contributed by atoms with Gasteiger partial charge in [0.25, 0.3) is 0 Å². The van der Waals surface area contributed by atoms with E-state index >= 15 is 0 Å². The molecule has 98 valence electrons. The summed E-state index contributed by atoms with van der Waals surface area (Å²) in [4.78, 5) is 0. The first-order valence-electron chi connectivity index (χ1n) is 7.00. The third-order valence-electron chi connectivity index (χ3n) is 3.18. The van der Waals surface area contributed by atoms with E-state index in [2.05, 4.69) is 32.8 Å². The van der Waals surface area contributed by atoms with E-state index in [0.717, 1.165) is 0 Å². The van der Waals surface area contributed by atoms with E-state index in [4.69, 9.17) is 0 Å². The zero-order valence-electron chi connectivity index (χ0n) is 10.8. The Labute approximate surface area is 119 Å². The van der Waals surface area contributed by atoms with E-state index in [0.29, 0.717) is 0 Å². The molecule has 0 spiro atoms. The molecule has 0 N–H and O–H groups in total. The van der Waals surface area contributed by atoms with Crippen molar-refractivity contribution in [1.82, 2.24) is 0 Å². The summed E-state index contributed by atoms with van der Waals surface area (Å²) in [7, 11) is 0. The first-order chi connectivity index (χ1) is 8.43. The molecule has 0 saturated heterocycles. The van der Waals surface area contributed by atoms with Gasteiger partial charge < -0.3 is 0 Å². The normalized spacial score (nSPS) is 10.9. The fraction of sp³-hybridized carbons (Fsp3) is 0.733. The Balaban J connectivity index is 1.76. The van der Waals surface area contributed by atoms with Gasteiger partial charge in [-0.15, -0.1) is 0 Å². The number of hydrogen-bond donors (Lipinski definition) is 0. The zero-order chi connectivity index (χ0) is 12.2. The number of aryl methyl sites for hydroxylation is 1. The molecule has 0 nitrogen and oxygen atoms in total. The summed E-state index contributed by atoms with van der Waals surface area (Å²) in [5, 5.41) is 5.64. The van der Waals surface area contributed by atoms with Gasteiger partial charge in [0, 0.05) is 5.33 Å². The number of alkyl halides is 1. The molecule has 0 amide bonds. The average molecular weight is 317 g/mol. The summed E-state index contributed by atoms with van der Waals surface area (Å²) in [6.07, 6.45) is 14.0. The topological polar surface area (TPSA) is 0 Å². The fourth-order valence-corrected chi connectivity index (χ4v) is 3.20. The predicted octanol–water partition coefficient (Wildman–Crippen LogP) is 6.20. The highest BCUT2D eigenvalue weighted by molar-refractivity contribution is 9.09.